The van der Waals surface area contributed by atoms with Gasteiger partial charge in [-0.25, -0.2) is 8.42 Å². The Kier molecular flexibility index (Phi) is 10.9. The van der Waals surface area contributed by atoms with Crippen LogP contribution in [-0.4, -0.2) is 57.1 Å². The third-order valence-electron chi connectivity index (χ3n) is 7.52. The fourth-order valence-electron chi connectivity index (χ4n) is 5.30. The van der Waals surface area contributed by atoms with E-state index in [1.54, 1.807) is 6.07 Å². The molecule has 42 heavy (non-hydrogen) atoms. The molecule has 0 saturated heterocycles. The summed E-state index contributed by atoms with van der Waals surface area (Å²) < 4.78 is 32.2. The first kappa shape index (κ1) is 31.4. The number of hydrogen-bond acceptors (Lipinski definition) is 5. The second-order valence-corrected chi connectivity index (χ2v) is 13.0. The highest BCUT2D eigenvalue weighted by molar-refractivity contribution is 7.92. The van der Waals surface area contributed by atoms with Gasteiger partial charge in [0.25, 0.3) is 0 Å². The predicted octanol–water partition coefficient (Wildman–Crippen LogP) is 5.20. The van der Waals surface area contributed by atoms with Crippen LogP contribution in [0.1, 0.15) is 43.2 Å². The number of methoxy groups -OCH3 is 1. The smallest absolute Gasteiger partial charge is 0.244 e. The topological polar surface area (TPSA) is 96.0 Å². The van der Waals surface area contributed by atoms with E-state index in [9.17, 15) is 18.0 Å². The lowest BCUT2D eigenvalue weighted by molar-refractivity contribution is -0.140. The van der Waals surface area contributed by atoms with Crippen LogP contribution < -0.4 is 14.4 Å². The van der Waals surface area contributed by atoms with Crippen LogP contribution in [0, 0.1) is 0 Å². The molecule has 224 valence electrons. The van der Waals surface area contributed by atoms with Gasteiger partial charge in [-0.05, 0) is 42.2 Å². The van der Waals surface area contributed by atoms with Crippen molar-refractivity contribution in [3.63, 3.8) is 0 Å². The number of rotatable bonds is 12. The molecule has 3 aromatic rings. The highest BCUT2D eigenvalue weighted by Crippen LogP contribution is 2.30. The molecule has 2 amide bonds. The Morgan fingerprint density at radius 2 is 1.57 bits per heavy atom. The van der Waals surface area contributed by atoms with E-state index in [0.717, 1.165) is 53.8 Å². The number of sulfonamides is 1. The Labute approximate surface area is 253 Å². The molecule has 1 fully saturated rings. The van der Waals surface area contributed by atoms with E-state index < -0.39 is 28.5 Å². The number of ether oxygens (including phenoxy) is 1. The number of benzene rings is 3. The zero-order valence-corrected chi connectivity index (χ0v) is 25.6. The Hall–Kier alpha value is -3.56. The SMILES string of the molecule is COc1ccc(N(CC(=O)N(Cc2ccccc2)[C@@H](Cc2ccccc2)C(=O)NC2CCCCC2)S(C)(=O)=O)cc1Cl. The van der Waals surface area contributed by atoms with Crippen molar-refractivity contribution in [1.29, 1.82) is 0 Å². The summed E-state index contributed by atoms with van der Waals surface area (Å²) in [5, 5.41) is 3.41. The van der Waals surface area contributed by atoms with Crippen LogP contribution in [0.5, 0.6) is 5.75 Å². The summed E-state index contributed by atoms with van der Waals surface area (Å²) in [6.07, 6.45) is 6.37. The zero-order valence-electron chi connectivity index (χ0n) is 24.0. The van der Waals surface area contributed by atoms with E-state index in [4.69, 9.17) is 16.3 Å². The van der Waals surface area contributed by atoms with Gasteiger partial charge >= 0.3 is 0 Å². The highest BCUT2D eigenvalue weighted by atomic mass is 35.5. The van der Waals surface area contributed by atoms with Crippen LogP contribution >= 0.6 is 11.6 Å². The molecule has 10 heteroatoms. The quantitative estimate of drug-likeness (QED) is 0.304. The van der Waals surface area contributed by atoms with E-state index in [2.05, 4.69) is 5.32 Å². The monoisotopic (exact) mass is 611 g/mol. The van der Waals surface area contributed by atoms with Gasteiger partial charge in [0.05, 0.1) is 24.1 Å². The number of amides is 2. The maximum Gasteiger partial charge on any atom is 0.244 e. The van der Waals surface area contributed by atoms with Gasteiger partial charge in [0, 0.05) is 19.0 Å². The van der Waals surface area contributed by atoms with Crippen LogP contribution in [0.3, 0.4) is 0 Å². The fraction of sp³-hybridized carbons (Fsp3) is 0.375. The van der Waals surface area contributed by atoms with Gasteiger partial charge in [-0.3, -0.25) is 13.9 Å². The van der Waals surface area contributed by atoms with E-state index in [1.807, 2.05) is 60.7 Å². The third kappa shape index (κ3) is 8.49. The van der Waals surface area contributed by atoms with E-state index in [1.165, 1.54) is 24.1 Å². The summed E-state index contributed by atoms with van der Waals surface area (Å²) in [5.74, 6) is -0.363. The van der Waals surface area contributed by atoms with Gasteiger partial charge in [-0.15, -0.1) is 0 Å². The summed E-state index contributed by atoms with van der Waals surface area (Å²) in [6.45, 7) is -0.368. The zero-order chi connectivity index (χ0) is 30.1. The van der Waals surface area contributed by atoms with Crippen LogP contribution in [0.4, 0.5) is 5.69 Å². The molecule has 1 aliphatic rings. The summed E-state index contributed by atoms with van der Waals surface area (Å²) in [5.41, 5.74) is 1.95. The second-order valence-electron chi connectivity index (χ2n) is 10.6. The van der Waals surface area contributed by atoms with Crippen LogP contribution in [0.25, 0.3) is 0 Å². The average Bonchev–Trinajstić information content (AvgIpc) is 2.98. The molecule has 1 aliphatic carbocycles. The van der Waals surface area contributed by atoms with Crippen molar-refractivity contribution >= 4 is 39.1 Å². The van der Waals surface area contributed by atoms with Gasteiger partial charge in [0.2, 0.25) is 21.8 Å². The number of carbonyl (C=O) groups excluding carboxylic acids is 2. The first-order valence-corrected chi connectivity index (χ1v) is 16.4. The lowest BCUT2D eigenvalue weighted by Gasteiger charge is -2.35. The molecule has 8 nitrogen and oxygen atoms in total. The Bertz CT molecular complexity index is 1450. The lowest BCUT2D eigenvalue weighted by atomic mass is 9.94. The van der Waals surface area contributed by atoms with Gasteiger partial charge in [-0.2, -0.15) is 0 Å². The summed E-state index contributed by atoms with van der Waals surface area (Å²) in [6, 6.07) is 22.7. The molecule has 0 bridgehead atoms. The number of nitrogens with one attached hydrogen (secondary N) is 1. The van der Waals surface area contributed by atoms with Gasteiger partial charge < -0.3 is 15.0 Å². The lowest BCUT2D eigenvalue weighted by Crippen LogP contribution is -2.55. The first-order valence-electron chi connectivity index (χ1n) is 14.1. The number of anilines is 1. The molecule has 1 saturated carbocycles. The molecular weight excluding hydrogens is 574 g/mol. The maximum absolute atomic E-state index is 14.2. The van der Waals surface area contributed by atoms with Crippen molar-refractivity contribution in [2.75, 3.05) is 24.2 Å². The molecule has 0 unspecified atom stereocenters. The first-order chi connectivity index (χ1) is 20.2. The van der Waals surface area contributed by atoms with Gasteiger partial charge in [0.1, 0.15) is 18.3 Å². The van der Waals surface area contributed by atoms with Crippen molar-refractivity contribution in [1.82, 2.24) is 10.2 Å². The summed E-state index contributed by atoms with van der Waals surface area (Å²) in [4.78, 5) is 29.7. The van der Waals surface area contributed by atoms with Crippen molar-refractivity contribution in [2.24, 2.45) is 0 Å². The number of hydrogen-bond donors (Lipinski definition) is 1. The number of halogens is 1. The normalized spacial score (nSPS) is 14.5. The third-order valence-corrected chi connectivity index (χ3v) is 8.96. The van der Waals surface area contributed by atoms with Crippen molar-refractivity contribution < 1.29 is 22.7 Å². The molecule has 0 aliphatic heterocycles. The van der Waals surface area contributed by atoms with E-state index in [-0.39, 0.29) is 35.6 Å². The summed E-state index contributed by atoms with van der Waals surface area (Å²) in [7, 11) is -2.43. The van der Waals surface area contributed by atoms with Gasteiger partial charge in [-0.1, -0.05) is 91.5 Å². The fourth-order valence-corrected chi connectivity index (χ4v) is 6.40. The molecule has 0 heterocycles. The van der Waals surface area contributed by atoms with Crippen LogP contribution in [-0.2, 0) is 32.6 Å². The number of nitrogens with zero attached hydrogens (tertiary/aromatic N) is 2. The van der Waals surface area contributed by atoms with Crippen molar-refractivity contribution in [2.45, 2.75) is 57.2 Å². The van der Waals surface area contributed by atoms with Crippen LogP contribution in [0.15, 0.2) is 78.9 Å². The molecule has 1 N–H and O–H groups in total. The number of carbonyl (C=O) groups is 2. The Morgan fingerprint density at radius 1 is 0.952 bits per heavy atom. The minimum atomic E-state index is -3.90. The van der Waals surface area contributed by atoms with Crippen LogP contribution in [0.2, 0.25) is 5.02 Å². The average molecular weight is 612 g/mol. The highest BCUT2D eigenvalue weighted by Gasteiger charge is 2.34. The second kappa shape index (κ2) is 14.6. The molecular formula is C32H38ClN3O5S. The maximum atomic E-state index is 14.2. The minimum Gasteiger partial charge on any atom is -0.495 e. The van der Waals surface area contributed by atoms with E-state index >= 15 is 0 Å². The predicted molar refractivity (Wildman–Crippen MR) is 166 cm³/mol. The Morgan fingerprint density at radius 3 is 2.14 bits per heavy atom. The Balaban J connectivity index is 1.71. The van der Waals surface area contributed by atoms with Crippen molar-refractivity contribution in [3.8, 4) is 5.75 Å². The molecule has 0 radical (unpaired) electrons. The minimum absolute atomic E-state index is 0.0483. The largest absolute Gasteiger partial charge is 0.495 e. The van der Waals surface area contributed by atoms with Gasteiger partial charge in [0.15, 0.2) is 0 Å². The molecule has 4 rings (SSSR count). The summed E-state index contributed by atoms with van der Waals surface area (Å²) >= 11 is 6.31. The molecule has 0 aromatic heterocycles. The molecule has 1 atom stereocenters. The van der Waals surface area contributed by atoms with Crippen molar-refractivity contribution in [3.05, 3.63) is 95.0 Å². The van der Waals surface area contributed by atoms with E-state index in [0.29, 0.717) is 5.75 Å². The molecule has 0 spiro atoms. The standard InChI is InChI=1S/C32H38ClN3O5S/c1-41-30-19-18-27(21-28(30)33)36(42(2,39)40)23-31(37)35(22-25-14-8-4-9-15-25)29(20-24-12-6-3-7-13-24)32(38)34-26-16-10-5-11-17-26/h3-4,6-9,12-15,18-19,21,26,29H,5,10-11,16-17,20,22-23H2,1-2H3,(H,34,38)/t29-/m0/s1. The molecule has 3 aromatic carbocycles.